The topological polar surface area (TPSA) is 75.4 Å². The average Bonchev–Trinajstić information content (AvgIpc) is 2.26. The number of likely N-dealkylation sites (N-methyl/N-ethyl adjacent to an activating group) is 1. The molecule has 0 aliphatic carbocycles. The number of nitrogens with zero attached hydrogens (tertiary/aromatic N) is 1. The first-order valence-corrected chi connectivity index (χ1v) is 4.91. The van der Waals surface area contributed by atoms with Gasteiger partial charge in [-0.3, -0.25) is 9.59 Å². The number of carbonyl (C=O) groups excluding carboxylic acids is 2. The summed E-state index contributed by atoms with van der Waals surface area (Å²) in [6, 6.07) is 9.37. The third kappa shape index (κ3) is 4.00. The Hall–Kier alpha value is -2.04. The van der Waals surface area contributed by atoms with Gasteiger partial charge in [0.05, 0.1) is 13.1 Å². The number of primary amides is 1. The number of carbonyl (C=O) groups is 2. The van der Waals surface area contributed by atoms with Crippen molar-refractivity contribution in [2.75, 3.05) is 25.5 Å². The zero-order valence-electron chi connectivity index (χ0n) is 9.14. The lowest BCUT2D eigenvalue weighted by molar-refractivity contribution is -0.132. The highest BCUT2D eigenvalue weighted by atomic mass is 16.2. The van der Waals surface area contributed by atoms with Crippen LogP contribution in [0.3, 0.4) is 0 Å². The molecule has 0 aliphatic rings. The summed E-state index contributed by atoms with van der Waals surface area (Å²) in [5.74, 6) is -0.696. The van der Waals surface area contributed by atoms with E-state index in [1.807, 2.05) is 30.3 Å². The third-order valence-electron chi connectivity index (χ3n) is 2.04. The molecular weight excluding hydrogens is 206 g/mol. The fourth-order valence-corrected chi connectivity index (χ4v) is 1.19. The van der Waals surface area contributed by atoms with Crippen LogP contribution in [0.2, 0.25) is 0 Å². The Kier molecular flexibility index (Phi) is 4.32. The van der Waals surface area contributed by atoms with E-state index in [0.29, 0.717) is 0 Å². The maximum absolute atomic E-state index is 11.5. The van der Waals surface area contributed by atoms with Crippen LogP contribution >= 0.6 is 0 Å². The molecule has 0 spiro atoms. The predicted octanol–water partition coefficient (Wildman–Crippen LogP) is 0.0422. The van der Waals surface area contributed by atoms with Gasteiger partial charge in [0, 0.05) is 12.7 Å². The fourth-order valence-electron chi connectivity index (χ4n) is 1.19. The number of hydrogen-bond donors (Lipinski definition) is 2. The highest BCUT2D eigenvalue weighted by Gasteiger charge is 2.09. The lowest BCUT2D eigenvalue weighted by Crippen LogP contribution is -2.38. The summed E-state index contributed by atoms with van der Waals surface area (Å²) in [6.45, 7) is 0.0864. The third-order valence-corrected chi connectivity index (χ3v) is 2.04. The van der Waals surface area contributed by atoms with Crippen molar-refractivity contribution in [1.82, 2.24) is 4.90 Å². The Balaban J connectivity index is 2.38. The number of nitrogens with one attached hydrogen (secondary N) is 1. The van der Waals surface area contributed by atoms with Gasteiger partial charge in [-0.15, -0.1) is 0 Å². The molecule has 1 rings (SSSR count). The minimum absolute atomic E-state index is 0.0602. The van der Waals surface area contributed by atoms with Gasteiger partial charge < -0.3 is 16.0 Å². The molecule has 0 saturated heterocycles. The van der Waals surface area contributed by atoms with Crippen LogP contribution < -0.4 is 11.1 Å². The lowest BCUT2D eigenvalue weighted by Gasteiger charge is -2.15. The van der Waals surface area contributed by atoms with Crippen molar-refractivity contribution in [2.45, 2.75) is 0 Å². The molecule has 0 saturated carbocycles. The van der Waals surface area contributed by atoms with Crippen LogP contribution in [-0.4, -0.2) is 36.9 Å². The zero-order valence-corrected chi connectivity index (χ0v) is 9.14. The van der Waals surface area contributed by atoms with Gasteiger partial charge in [-0.05, 0) is 12.1 Å². The van der Waals surface area contributed by atoms with Crippen molar-refractivity contribution in [3.05, 3.63) is 30.3 Å². The van der Waals surface area contributed by atoms with Gasteiger partial charge >= 0.3 is 0 Å². The van der Waals surface area contributed by atoms with Crippen molar-refractivity contribution < 1.29 is 9.59 Å². The van der Waals surface area contributed by atoms with E-state index in [1.54, 1.807) is 7.05 Å². The molecule has 0 fully saturated rings. The fraction of sp³-hybridized carbons (Fsp3) is 0.273. The number of nitrogens with two attached hydrogens (primary N) is 1. The van der Waals surface area contributed by atoms with Crippen molar-refractivity contribution >= 4 is 17.5 Å². The van der Waals surface area contributed by atoms with Crippen molar-refractivity contribution in [2.24, 2.45) is 5.73 Å². The summed E-state index contributed by atoms with van der Waals surface area (Å²) in [7, 11) is 1.54. The molecule has 0 bridgehead atoms. The van der Waals surface area contributed by atoms with E-state index < -0.39 is 5.91 Å². The van der Waals surface area contributed by atoms with Crippen LogP contribution in [0.25, 0.3) is 0 Å². The molecule has 5 nitrogen and oxygen atoms in total. The molecule has 2 amide bonds. The highest BCUT2D eigenvalue weighted by molar-refractivity contribution is 5.85. The first kappa shape index (κ1) is 12.0. The van der Waals surface area contributed by atoms with E-state index in [0.717, 1.165) is 5.69 Å². The molecule has 16 heavy (non-hydrogen) atoms. The first-order valence-electron chi connectivity index (χ1n) is 4.91. The Morgan fingerprint density at radius 2 is 1.94 bits per heavy atom. The number of para-hydroxylation sites is 1. The van der Waals surface area contributed by atoms with E-state index in [1.165, 1.54) is 4.90 Å². The Morgan fingerprint density at radius 1 is 1.31 bits per heavy atom. The lowest BCUT2D eigenvalue weighted by atomic mass is 10.3. The predicted molar refractivity (Wildman–Crippen MR) is 61.8 cm³/mol. The van der Waals surface area contributed by atoms with Gasteiger partial charge in [-0.2, -0.15) is 0 Å². The molecule has 0 heterocycles. The summed E-state index contributed by atoms with van der Waals surface area (Å²) < 4.78 is 0. The van der Waals surface area contributed by atoms with Gasteiger partial charge in [-0.1, -0.05) is 18.2 Å². The number of hydrogen-bond acceptors (Lipinski definition) is 3. The molecule has 0 aromatic heterocycles. The summed E-state index contributed by atoms with van der Waals surface area (Å²) in [6.07, 6.45) is 0. The quantitative estimate of drug-likeness (QED) is 0.737. The second-order valence-electron chi connectivity index (χ2n) is 3.44. The van der Waals surface area contributed by atoms with Crippen molar-refractivity contribution in [3.63, 3.8) is 0 Å². The minimum Gasteiger partial charge on any atom is -0.376 e. The van der Waals surface area contributed by atoms with E-state index in [2.05, 4.69) is 5.32 Å². The van der Waals surface area contributed by atoms with Crippen LogP contribution in [0.5, 0.6) is 0 Å². The van der Waals surface area contributed by atoms with Crippen molar-refractivity contribution in [3.8, 4) is 0 Å². The summed E-state index contributed by atoms with van der Waals surface area (Å²) in [4.78, 5) is 23.4. The van der Waals surface area contributed by atoms with Gasteiger partial charge in [0.2, 0.25) is 11.8 Å². The molecule has 1 aromatic carbocycles. The van der Waals surface area contributed by atoms with E-state index in [4.69, 9.17) is 5.73 Å². The SMILES string of the molecule is CN(CC(N)=O)C(=O)CNc1ccccc1. The van der Waals surface area contributed by atoms with E-state index in [-0.39, 0.29) is 19.0 Å². The maximum Gasteiger partial charge on any atom is 0.242 e. The van der Waals surface area contributed by atoms with E-state index >= 15 is 0 Å². The maximum atomic E-state index is 11.5. The Bertz CT molecular complexity index is 365. The van der Waals surface area contributed by atoms with Crippen LogP contribution in [0.1, 0.15) is 0 Å². The highest BCUT2D eigenvalue weighted by Crippen LogP contribution is 2.04. The van der Waals surface area contributed by atoms with Crippen molar-refractivity contribution in [1.29, 1.82) is 0 Å². The van der Waals surface area contributed by atoms with Gasteiger partial charge in [-0.25, -0.2) is 0 Å². The molecule has 0 aliphatic heterocycles. The average molecular weight is 221 g/mol. The monoisotopic (exact) mass is 221 g/mol. The number of benzene rings is 1. The smallest absolute Gasteiger partial charge is 0.242 e. The Labute approximate surface area is 94.2 Å². The first-order chi connectivity index (χ1) is 7.59. The van der Waals surface area contributed by atoms with Gasteiger partial charge in [0.1, 0.15) is 0 Å². The zero-order chi connectivity index (χ0) is 12.0. The number of rotatable bonds is 5. The summed E-state index contributed by atoms with van der Waals surface area (Å²) in [5.41, 5.74) is 5.85. The normalized spacial score (nSPS) is 9.56. The molecule has 0 radical (unpaired) electrons. The molecule has 3 N–H and O–H groups in total. The largest absolute Gasteiger partial charge is 0.376 e. The van der Waals surface area contributed by atoms with Crippen LogP contribution in [0.15, 0.2) is 30.3 Å². The van der Waals surface area contributed by atoms with Gasteiger partial charge in [0.25, 0.3) is 0 Å². The minimum atomic E-state index is -0.518. The molecule has 0 atom stereocenters. The van der Waals surface area contributed by atoms with Crippen LogP contribution in [0, 0.1) is 0 Å². The molecule has 5 heteroatoms. The molecule has 1 aromatic rings. The summed E-state index contributed by atoms with van der Waals surface area (Å²) in [5, 5.41) is 2.96. The van der Waals surface area contributed by atoms with Crippen LogP contribution in [-0.2, 0) is 9.59 Å². The second kappa shape index (κ2) is 5.75. The molecule has 0 unspecified atom stereocenters. The Morgan fingerprint density at radius 3 is 2.50 bits per heavy atom. The number of anilines is 1. The molecule has 86 valence electrons. The van der Waals surface area contributed by atoms with Crippen LogP contribution in [0.4, 0.5) is 5.69 Å². The van der Waals surface area contributed by atoms with E-state index in [9.17, 15) is 9.59 Å². The molecular formula is C11H15N3O2. The second-order valence-corrected chi connectivity index (χ2v) is 3.44. The summed E-state index contributed by atoms with van der Waals surface area (Å²) >= 11 is 0. The standard InChI is InChI=1S/C11H15N3O2/c1-14(8-10(12)15)11(16)7-13-9-5-3-2-4-6-9/h2-6,13H,7-8H2,1H3,(H2,12,15). The number of amides is 2. The van der Waals surface area contributed by atoms with Gasteiger partial charge in [0.15, 0.2) is 0 Å².